The van der Waals surface area contributed by atoms with Crippen molar-refractivity contribution in [2.24, 2.45) is 0 Å². The molecule has 0 saturated heterocycles. The number of thiazole rings is 1. The molecule has 0 radical (unpaired) electrons. The van der Waals surface area contributed by atoms with Crippen LogP contribution in [0.25, 0.3) is 16.2 Å². The van der Waals surface area contributed by atoms with Gasteiger partial charge in [-0.2, -0.15) is 0 Å². The third-order valence-corrected chi connectivity index (χ3v) is 4.75. The molecule has 0 spiro atoms. The minimum Gasteiger partial charge on any atom is -0.296 e. The fraction of sp³-hybridized carbons (Fsp3) is 0. The van der Waals surface area contributed by atoms with Crippen LogP contribution in [0.4, 0.5) is 0 Å². The summed E-state index contributed by atoms with van der Waals surface area (Å²) in [6, 6.07) is 3.34. The van der Waals surface area contributed by atoms with Gasteiger partial charge in [0.05, 0.1) is 15.1 Å². The van der Waals surface area contributed by atoms with Crippen LogP contribution < -0.4 is 0 Å². The number of halogens is 3. The average molecular weight is 332 g/mol. The lowest BCUT2D eigenvalue weighted by Crippen LogP contribution is -1.91. The van der Waals surface area contributed by atoms with Crippen molar-refractivity contribution in [2.75, 3.05) is 0 Å². The van der Waals surface area contributed by atoms with E-state index in [2.05, 4.69) is 4.98 Å². The third-order valence-electron chi connectivity index (χ3n) is 2.70. The van der Waals surface area contributed by atoms with Crippen LogP contribution in [0.1, 0.15) is 10.5 Å². The average Bonchev–Trinajstić information content (AvgIpc) is 2.96. The summed E-state index contributed by atoms with van der Waals surface area (Å²) in [5.74, 6) is 0. The van der Waals surface area contributed by atoms with Gasteiger partial charge < -0.3 is 0 Å². The minimum atomic E-state index is 0.258. The highest BCUT2D eigenvalue weighted by Crippen LogP contribution is 2.39. The number of rotatable bonds is 2. The molecule has 3 rings (SSSR count). The normalized spacial score (nSPS) is 11.1. The third kappa shape index (κ3) is 1.96. The Bertz CT molecular complexity index is 794. The Morgan fingerprint density at radius 1 is 1.21 bits per heavy atom. The summed E-state index contributed by atoms with van der Waals surface area (Å²) in [6.07, 6.45) is 2.53. The molecule has 0 aliphatic carbocycles. The molecule has 0 aliphatic rings. The topological polar surface area (TPSA) is 34.4 Å². The molecule has 0 saturated carbocycles. The molecule has 0 unspecified atom stereocenters. The monoisotopic (exact) mass is 330 g/mol. The lowest BCUT2D eigenvalue weighted by molar-refractivity contribution is 0.111. The number of imidazole rings is 1. The van der Waals surface area contributed by atoms with E-state index in [-0.39, 0.29) is 5.02 Å². The zero-order valence-corrected chi connectivity index (χ0v) is 12.3. The molecular formula is C12H5Cl3N2OS. The molecular weight excluding hydrogens is 327 g/mol. The molecule has 2 aromatic heterocycles. The van der Waals surface area contributed by atoms with Crippen molar-refractivity contribution in [2.45, 2.75) is 0 Å². The number of aldehydes is 1. The van der Waals surface area contributed by atoms with Crippen molar-refractivity contribution in [3.63, 3.8) is 0 Å². The predicted molar refractivity (Wildman–Crippen MR) is 78.9 cm³/mol. The van der Waals surface area contributed by atoms with E-state index in [1.807, 2.05) is 5.38 Å². The molecule has 3 nitrogen and oxygen atoms in total. The van der Waals surface area contributed by atoms with Gasteiger partial charge in [0.1, 0.15) is 11.4 Å². The van der Waals surface area contributed by atoms with Gasteiger partial charge in [-0.05, 0) is 12.1 Å². The number of carbonyl (C=O) groups is 1. The molecule has 3 aromatic rings. The Labute approximate surface area is 127 Å². The zero-order chi connectivity index (χ0) is 13.6. The van der Waals surface area contributed by atoms with Gasteiger partial charge in [0.25, 0.3) is 0 Å². The van der Waals surface area contributed by atoms with Gasteiger partial charge in [-0.3, -0.25) is 9.20 Å². The van der Waals surface area contributed by atoms with Gasteiger partial charge in [0.2, 0.25) is 0 Å². The number of fused-ring (bicyclic) bond motifs is 1. The summed E-state index contributed by atoms with van der Waals surface area (Å²) in [6.45, 7) is 0. The summed E-state index contributed by atoms with van der Waals surface area (Å²) in [4.78, 5) is 16.4. The van der Waals surface area contributed by atoms with Crippen LogP contribution in [0.2, 0.25) is 15.1 Å². The number of carbonyl (C=O) groups excluding carboxylic acids is 1. The predicted octanol–water partition coefficient (Wildman–Crippen LogP) is 4.84. The van der Waals surface area contributed by atoms with Gasteiger partial charge in [-0.1, -0.05) is 34.8 Å². The van der Waals surface area contributed by atoms with Gasteiger partial charge in [0.15, 0.2) is 11.2 Å². The molecule has 0 amide bonds. The molecule has 0 atom stereocenters. The molecule has 96 valence electrons. The van der Waals surface area contributed by atoms with Crippen LogP contribution >= 0.6 is 46.1 Å². The van der Waals surface area contributed by atoms with E-state index in [1.54, 1.807) is 22.7 Å². The molecule has 2 heterocycles. The highest BCUT2D eigenvalue weighted by Gasteiger charge is 2.18. The van der Waals surface area contributed by atoms with E-state index in [1.165, 1.54) is 11.3 Å². The van der Waals surface area contributed by atoms with Crippen LogP contribution in [0.5, 0.6) is 0 Å². The van der Waals surface area contributed by atoms with Gasteiger partial charge in [0, 0.05) is 17.1 Å². The van der Waals surface area contributed by atoms with Crippen molar-refractivity contribution >= 4 is 57.4 Å². The highest BCUT2D eigenvalue weighted by molar-refractivity contribution is 7.15. The lowest BCUT2D eigenvalue weighted by Gasteiger charge is -2.05. The second-order valence-electron chi connectivity index (χ2n) is 3.74. The molecule has 1 aromatic carbocycles. The van der Waals surface area contributed by atoms with Gasteiger partial charge in [-0.15, -0.1) is 11.3 Å². The lowest BCUT2D eigenvalue weighted by atomic mass is 10.1. The molecule has 0 bridgehead atoms. The van der Waals surface area contributed by atoms with Crippen LogP contribution in [-0.4, -0.2) is 15.7 Å². The first-order chi connectivity index (χ1) is 9.13. The Morgan fingerprint density at radius 3 is 2.74 bits per heavy atom. The summed E-state index contributed by atoms with van der Waals surface area (Å²) >= 11 is 19.5. The maximum atomic E-state index is 11.3. The summed E-state index contributed by atoms with van der Waals surface area (Å²) < 4.78 is 1.71. The van der Waals surface area contributed by atoms with E-state index in [9.17, 15) is 4.79 Å². The second kappa shape index (κ2) is 4.80. The van der Waals surface area contributed by atoms with Crippen LogP contribution in [0.15, 0.2) is 23.7 Å². The quantitative estimate of drug-likeness (QED) is 0.497. The molecule has 19 heavy (non-hydrogen) atoms. The zero-order valence-electron chi connectivity index (χ0n) is 9.23. The van der Waals surface area contributed by atoms with E-state index < -0.39 is 0 Å². The number of aromatic nitrogens is 2. The summed E-state index contributed by atoms with van der Waals surface area (Å²) in [5.41, 5.74) is 1.54. The minimum absolute atomic E-state index is 0.258. The van der Waals surface area contributed by atoms with Crippen LogP contribution in [-0.2, 0) is 0 Å². The molecule has 0 aliphatic heterocycles. The smallest absolute Gasteiger partial charge is 0.194 e. The van der Waals surface area contributed by atoms with Crippen molar-refractivity contribution in [1.29, 1.82) is 0 Å². The fourth-order valence-electron chi connectivity index (χ4n) is 1.82. The largest absolute Gasteiger partial charge is 0.296 e. The standard InChI is InChI=1S/C12H5Cl3N2OS/c13-7-2-1-6(9(14)10(7)15)11-8(5-18)17-3-4-19-12(17)16-11/h1-5H. The SMILES string of the molecule is O=Cc1c(-c2ccc(Cl)c(Cl)c2Cl)nc2sccn12. The molecule has 0 fully saturated rings. The van der Waals surface area contributed by atoms with Crippen LogP contribution in [0, 0.1) is 0 Å². The Morgan fingerprint density at radius 2 is 2.00 bits per heavy atom. The second-order valence-corrected chi connectivity index (χ2v) is 5.78. The summed E-state index contributed by atoms with van der Waals surface area (Å²) in [5, 5.41) is 2.77. The maximum absolute atomic E-state index is 11.3. The Balaban J connectivity index is 2.33. The number of benzene rings is 1. The number of hydrogen-bond acceptors (Lipinski definition) is 3. The van der Waals surface area contributed by atoms with Crippen molar-refractivity contribution < 1.29 is 4.79 Å². The van der Waals surface area contributed by atoms with Crippen molar-refractivity contribution in [1.82, 2.24) is 9.38 Å². The first-order valence-electron chi connectivity index (χ1n) is 5.18. The number of nitrogens with zero attached hydrogens (tertiary/aromatic N) is 2. The van der Waals surface area contributed by atoms with E-state index in [0.29, 0.717) is 27.0 Å². The molecule has 0 N–H and O–H groups in total. The maximum Gasteiger partial charge on any atom is 0.194 e. The van der Waals surface area contributed by atoms with E-state index in [0.717, 1.165) is 11.2 Å². The fourth-order valence-corrected chi connectivity index (χ4v) is 3.17. The summed E-state index contributed by atoms with van der Waals surface area (Å²) in [7, 11) is 0. The van der Waals surface area contributed by atoms with Crippen molar-refractivity contribution in [3.8, 4) is 11.3 Å². The first-order valence-corrected chi connectivity index (χ1v) is 7.19. The highest BCUT2D eigenvalue weighted by atomic mass is 35.5. The van der Waals surface area contributed by atoms with Gasteiger partial charge in [-0.25, -0.2) is 4.98 Å². The van der Waals surface area contributed by atoms with E-state index in [4.69, 9.17) is 34.8 Å². The Hall–Kier alpha value is -1.07. The Kier molecular flexibility index (Phi) is 3.27. The van der Waals surface area contributed by atoms with Crippen molar-refractivity contribution in [3.05, 3.63) is 44.5 Å². The van der Waals surface area contributed by atoms with Gasteiger partial charge >= 0.3 is 0 Å². The number of hydrogen-bond donors (Lipinski definition) is 0. The van der Waals surface area contributed by atoms with Crippen LogP contribution in [0.3, 0.4) is 0 Å². The first kappa shape index (κ1) is 12.9. The molecule has 7 heteroatoms. The van der Waals surface area contributed by atoms with E-state index >= 15 is 0 Å².